The molecule has 0 aromatic heterocycles. The number of rotatable bonds is 0. The van der Waals surface area contributed by atoms with E-state index in [2.05, 4.69) is 5.14 Å². The lowest BCUT2D eigenvalue weighted by Crippen LogP contribution is -2.24. The molecule has 92 valence electrons. The lowest BCUT2D eigenvalue weighted by Gasteiger charge is -2.08. The molecule has 17 heavy (non-hydrogen) atoms. The quantitative estimate of drug-likeness (QED) is 0.516. The Hall–Kier alpha value is -1.57. The highest BCUT2D eigenvalue weighted by Gasteiger charge is 2.33. The van der Waals surface area contributed by atoms with Crippen molar-refractivity contribution in [2.24, 2.45) is 5.14 Å². The molecule has 0 spiro atoms. The predicted molar refractivity (Wildman–Crippen MR) is 62.0 cm³/mol. The van der Waals surface area contributed by atoms with E-state index < -0.39 is 23.0 Å². The molecule has 2 N–H and O–H groups in total. The molecule has 1 aromatic carbocycles. The van der Waals surface area contributed by atoms with Gasteiger partial charge in [-0.05, 0) is 18.6 Å². The summed E-state index contributed by atoms with van der Waals surface area (Å²) >= 11 is -2.36. The Labute approximate surface area is 101 Å². The molecular weight excluding hydrogens is 244 g/mol. The number of Topliss-reactive ketones (excluding diaryl/α,β-unsaturated/α-hetero) is 1. The van der Waals surface area contributed by atoms with Crippen LogP contribution in [0.15, 0.2) is 18.2 Å². The van der Waals surface area contributed by atoms with Crippen molar-refractivity contribution in [2.75, 3.05) is 11.9 Å². The van der Waals surface area contributed by atoms with Crippen LogP contribution in [0.5, 0.6) is 0 Å². The number of ketones is 1. The maximum atomic E-state index is 11.4. The van der Waals surface area contributed by atoms with E-state index in [9.17, 15) is 9.59 Å². The van der Waals surface area contributed by atoms with Crippen molar-refractivity contribution in [2.45, 2.75) is 6.92 Å². The summed E-state index contributed by atoms with van der Waals surface area (Å²) in [6.45, 7) is 1.84. The minimum Gasteiger partial charge on any atom is -0.760 e. The third kappa shape index (κ3) is 2.76. The summed E-state index contributed by atoms with van der Waals surface area (Å²) in [4.78, 5) is 24.1. The Morgan fingerprint density at radius 3 is 2.35 bits per heavy atom. The lowest BCUT2D eigenvalue weighted by molar-refractivity contribution is -0.114. The van der Waals surface area contributed by atoms with Crippen molar-refractivity contribution in [1.29, 1.82) is 0 Å². The number of hydrogen-bond acceptors (Lipinski definition) is 4. The van der Waals surface area contributed by atoms with Gasteiger partial charge in [-0.2, -0.15) is 0 Å². The van der Waals surface area contributed by atoms with E-state index in [1.54, 1.807) is 13.1 Å². The summed E-state index contributed by atoms with van der Waals surface area (Å²) in [5, 5.41) is 4.03. The molecule has 1 aliphatic heterocycles. The van der Waals surface area contributed by atoms with Gasteiger partial charge in [-0.15, -0.1) is 0 Å². The van der Waals surface area contributed by atoms with Gasteiger partial charge in [0.15, 0.2) is 0 Å². The van der Waals surface area contributed by atoms with Crippen LogP contribution in [0.3, 0.4) is 0 Å². The maximum absolute atomic E-state index is 11.4. The summed E-state index contributed by atoms with van der Waals surface area (Å²) < 4.78 is 17.6. The summed E-state index contributed by atoms with van der Waals surface area (Å²) in [5.74, 6) is -0.833. The minimum absolute atomic E-state index is 0.393. The Kier molecular flexibility index (Phi) is 4.11. The van der Waals surface area contributed by atoms with Crippen molar-refractivity contribution in [3.8, 4) is 0 Å². The van der Waals surface area contributed by atoms with Gasteiger partial charge in [-0.3, -0.25) is 18.9 Å². The van der Waals surface area contributed by atoms with Crippen molar-refractivity contribution >= 4 is 28.6 Å². The molecule has 0 saturated heterocycles. The summed E-state index contributed by atoms with van der Waals surface area (Å²) in [6, 6.07) is 5.46. The summed E-state index contributed by atoms with van der Waals surface area (Å²) in [6.07, 6.45) is 0. The smallest absolute Gasteiger partial charge is 0.299 e. The van der Waals surface area contributed by atoms with E-state index in [1.165, 1.54) is 4.90 Å². The van der Waals surface area contributed by atoms with Crippen LogP contribution in [0.1, 0.15) is 15.9 Å². The third-order valence-electron chi connectivity index (χ3n) is 2.34. The molecule has 1 heterocycles. The number of nitrogens with two attached hydrogens (primary N) is 1. The van der Waals surface area contributed by atoms with Gasteiger partial charge < -0.3 is 9.45 Å². The van der Waals surface area contributed by atoms with Crippen molar-refractivity contribution in [3.05, 3.63) is 29.3 Å². The molecule has 0 saturated carbocycles. The van der Waals surface area contributed by atoms with Gasteiger partial charge >= 0.3 is 0 Å². The molecule has 0 radical (unpaired) electrons. The number of carbonyl (C=O) groups excluding carboxylic acids is 2. The van der Waals surface area contributed by atoms with Crippen molar-refractivity contribution in [1.82, 2.24) is 0 Å². The standard InChI is InChI=1S/C10H9NO2.H3NO2S/c1-6-4-3-5-7-8(6)9(12)10(13)11(7)2;1-4(2)3/h3-5H,1-2H3;1H2,(H,2,3)/p-1. The van der Waals surface area contributed by atoms with E-state index in [1.807, 2.05) is 19.1 Å². The topological polar surface area (TPSA) is 104 Å². The molecule has 0 fully saturated rings. The average Bonchev–Trinajstić information content (AvgIpc) is 2.44. The first-order chi connectivity index (χ1) is 7.86. The molecular formula is C10H11N2O4S-. The molecule has 1 aromatic rings. The number of hydrogen-bond donors (Lipinski definition) is 1. The van der Waals surface area contributed by atoms with E-state index >= 15 is 0 Å². The Bertz CT molecular complexity index is 497. The molecule has 0 bridgehead atoms. The minimum atomic E-state index is -2.36. The zero-order valence-corrected chi connectivity index (χ0v) is 10.1. The first-order valence-electron chi connectivity index (χ1n) is 4.62. The second-order valence-corrected chi connectivity index (χ2v) is 3.94. The number of benzene rings is 1. The fraction of sp³-hybridized carbons (Fsp3) is 0.200. The zero-order valence-electron chi connectivity index (χ0n) is 9.30. The molecule has 1 amide bonds. The van der Waals surface area contributed by atoms with Crippen LogP contribution in [0, 0.1) is 6.92 Å². The molecule has 6 nitrogen and oxygen atoms in total. The van der Waals surface area contributed by atoms with E-state index in [0.717, 1.165) is 11.3 Å². The predicted octanol–water partition coefficient (Wildman–Crippen LogP) is -0.107. The van der Waals surface area contributed by atoms with Crippen LogP contribution >= 0.6 is 0 Å². The van der Waals surface area contributed by atoms with E-state index in [0.29, 0.717) is 5.56 Å². The zero-order chi connectivity index (χ0) is 13.2. The number of nitrogens with zero attached hydrogens (tertiary/aromatic N) is 1. The number of aryl methyl sites for hydroxylation is 1. The van der Waals surface area contributed by atoms with Gasteiger partial charge in [-0.25, -0.2) is 0 Å². The number of likely N-dealkylation sites (N-methyl/N-ethyl adjacent to an activating group) is 1. The number of fused-ring (bicyclic) bond motifs is 1. The molecule has 2 rings (SSSR count). The van der Waals surface area contributed by atoms with Crippen LogP contribution in [0.2, 0.25) is 0 Å². The lowest BCUT2D eigenvalue weighted by atomic mass is 10.1. The van der Waals surface area contributed by atoms with Gasteiger partial charge in [0.1, 0.15) is 0 Å². The normalized spacial score (nSPS) is 15.2. The SMILES string of the molecule is Cc1cccc2c1C(=O)C(=O)N2C.NS(=O)[O-]. The second-order valence-electron chi connectivity index (χ2n) is 3.42. The van der Waals surface area contributed by atoms with E-state index in [-0.39, 0.29) is 0 Å². The molecule has 1 atom stereocenters. The number of anilines is 1. The summed E-state index contributed by atoms with van der Waals surface area (Å²) in [7, 11) is 1.62. The highest BCUT2D eigenvalue weighted by molar-refractivity contribution is 7.76. The maximum Gasteiger partial charge on any atom is 0.299 e. The number of amides is 1. The first-order valence-corrected chi connectivity index (χ1v) is 5.75. The third-order valence-corrected chi connectivity index (χ3v) is 2.34. The van der Waals surface area contributed by atoms with Crippen LogP contribution in [-0.2, 0) is 16.1 Å². The molecule has 0 aliphatic carbocycles. The largest absolute Gasteiger partial charge is 0.760 e. The molecule has 1 unspecified atom stereocenters. The second kappa shape index (κ2) is 5.17. The monoisotopic (exact) mass is 255 g/mol. The Morgan fingerprint density at radius 2 is 1.88 bits per heavy atom. The highest BCUT2D eigenvalue weighted by atomic mass is 32.2. The van der Waals surface area contributed by atoms with Gasteiger partial charge in [-0.1, -0.05) is 12.1 Å². The molecule has 7 heteroatoms. The van der Waals surface area contributed by atoms with E-state index in [4.69, 9.17) is 8.76 Å². The van der Waals surface area contributed by atoms with Crippen LogP contribution in [-0.4, -0.2) is 27.5 Å². The van der Waals surface area contributed by atoms with Crippen LogP contribution in [0.25, 0.3) is 0 Å². The average molecular weight is 255 g/mol. The fourth-order valence-corrected chi connectivity index (χ4v) is 1.60. The number of carbonyl (C=O) groups is 2. The van der Waals surface area contributed by atoms with Gasteiger partial charge in [0.2, 0.25) is 0 Å². The van der Waals surface area contributed by atoms with Crippen molar-refractivity contribution in [3.63, 3.8) is 0 Å². The highest BCUT2D eigenvalue weighted by Crippen LogP contribution is 2.29. The van der Waals surface area contributed by atoms with Crippen LogP contribution in [0.4, 0.5) is 5.69 Å². The first kappa shape index (κ1) is 13.5. The van der Waals surface area contributed by atoms with Crippen molar-refractivity contribution < 1.29 is 18.4 Å². The van der Waals surface area contributed by atoms with Crippen LogP contribution < -0.4 is 10.0 Å². The molecule has 1 aliphatic rings. The van der Waals surface area contributed by atoms with Gasteiger partial charge in [0.25, 0.3) is 11.7 Å². The van der Waals surface area contributed by atoms with Gasteiger partial charge in [0.05, 0.1) is 11.3 Å². The summed E-state index contributed by atoms with van der Waals surface area (Å²) in [5.41, 5.74) is 2.13. The van der Waals surface area contributed by atoms with Gasteiger partial charge in [0, 0.05) is 18.3 Å². The fourth-order valence-electron chi connectivity index (χ4n) is 1.60. The Balaban J connectivity index is 0.000000317. The Morgan fingerprint density at radius 1 is 1.35 bits per heavy atom.